The van der Waals surface area contributed by atoms with Gasteiger partial charge in [-0.3, -0.25) is 0 Å². The molecular formula is C14H18N4. The largest absolute Gasteiger partial charge is 0.368 e. The Morgan fingerprint density at radius 1 is 1.22 bits per heavy atom. The summed E-state index contributed by atoms with van der Waals surface area (Å²) in [6.45, 7) is 4.03. The van der Waals surface area contributed by atoms with E-state index in [4.69, 9.17) is 5.73 Å². The van der Waals surface area contributed by atoms with Crippen molar-refractivity contribution in [3.05, 3.63) is 47.7 Å². The van der Waals surface area contributed by atoms with E-state index < -0.39 is 0 Å². The van der Waals surface area contributed by atoms with E-state index in [1.807, 2.05) is 19.1 Å². The number of aromatic nitrogens is 2. The third-order valence-corrected chi connectivity index (χ3v) is 2.65. The highest BCUT2D eigenvalue weighted by Gasteiger charge is 2.05. The first-order valence-corrected chi connectivity index (χ1v) is 6.05. The Morgan fingerprint density at radius 3 is 2.61 bits per heavy atom. The second-order valence-electron chi connectivity index (χ2n) is 4.49. The molecule has 4 nitrogen and oxygen atoms in total. The molecule has 1 heterocycles. The Balaban J connectivity index is 2.01. The number of nitrogens with one attached hydrogen (secondary N) is 1. The third-order valence-electron chi connectivity index (χ3n) is 2.65. The van der Waals surface area contributed by atoms with Gasteiger partial charge in [0.1, 0.15) is 5.82 Å². The zero-order valence-corrected chi connectivity index (χ0v) is 10.7. The Bertz CT molecular complexity index is 490. The van der Waals surface area contributed by atoms with Gasteiger partial charge < -0.3 is 11.1 Å². The highest BCUT2D eigenvalue weighted by Crippen LogP contribution is 2.11. The number of anilines is 2. The van der Waals surface area contributed by atoms with Crippen molar-refractivity contribution in [2.24, 2.45) is 0 Å². The average Bonchev–Trinajstić information content (AvgIpc) is 2.28. The number of hydrogen-bond donors (Lipinski definition) is 2. The van der Waals surface area contributed by atoms with Crippen LogP contribution in [0.4, 0.5) is 11.8 Å². The highest BCUT2D eigenvalue weighted by atomic mass is 15.1. The molecule has 0 saturated heterocycles. The fraction of sp³-hybridized carbons (Fsp3) is 0.286. The molecule has 4 heteroatoms. The fourth-order valence-electron chi connectivity index (χ4n) is 1.94. The van der Waals surface area contributed by atoms with Crippen molar-refractivity contribution < 1.29 is 0 Å². The van der Waals surface area contributed by atoms with Crippen LogP contribution in [0.1, 0.15) is 18.2 Å². The molecule has 0 aliphatic heterocycles. The predicted molar refractivity (Wildman–Crippen MR) is 74.4 cm³/mol. The summed E-state index contributed by atoms with van der Waals surface area (Å²) < 4.78 is 0. The Labute approximate surface area is 107 Å². The van der Waals surface area contributed by atoms with Crippen LogP contribution in [0.25, 0.3) is 0 Å². The van der Waals surface area contributed by atoms with Crippen LogP contribution < -0.4 is 11.1 Å². The molecule has 0 spiro atoms. The van der Waals surface area contributed by atoms with E-state index in [2.05, 4.69) is 46.5 Å². The van der Waals surface area contributed by atoms with Crippen molar-refractivity contribution >= 4 is 11.8 Å². The third kappa shape index (κ3) is 3.45. The molecule has 1 aromatic heterocycles. The molecular weight excluding hydrogens is 224 g/mol. The molecule has 3 N–H and O–H groups in total. The van der Waals surface area contributed by atoms with E-state index >= 15 is 0 Å². The van der Waals surface area contributed by atoms with Crippen molar-refractivity contribution in [3.8, 4) is 0 Å². The van der Waals surface area contributed by atoms with E-state index in [-0.39, 0.29) is 0 Å². The summed E-state index contributed by atoms with van der Waals surface area (Å²) in [6, 6.07) is 12.6. The van der Waals surface area contributed by atoms with Gasteiger partial charge >= 0.3 is 0 Å². The van der Waals surface area contributed by atoms with Gasteiger partial charge in [0.2, 0.25) is 5.95 Å². The normalized spacial score (nSPS) is 12.1. The molecule has 0 bridgehead atoms. The Kier molecular flexibility index (Phi) is 3.77. The van der Waals surface area contributed by atoms with Crippen LogP contribution in [0.15, 0.2) is 36.4 Å². The molecule has 0 saturated carbocycles. The van der Waals surface area contributed by atoms with Crippen molar-refractivity contribution in [1.29, 1.82) is 0 Å². The van der Waals surface area contributed by atoms with Crippen LogP contribution in [0.2, 0.25) is 0 Å². The molecule has 1 aromatic carbocycles. The topological polar surface area (TPSA) is 63.8 Å². The smallest absolute Gasteiger partial charge is 0.222 e. The summed E-state index contributed by atoms with van der Waals surface area (Å²) in [7, 11) is 0. The SMILES string of the molecule is Cc1cc(NC(C)Cc2ccccc2)nc(N)n1. The summed E-state index contributed by atoms with van der Waals surface area (Å²) in [5.41, 5.74) is 7.80. The lowest BCUT2D eigenvalue weighted by Crippen LogP contribution is -2.19. The van der Waals surface area contributed by atoms with Gasteiger partial charge in [-0.05, 0) is 25.8 Å². The second-order valence-corrected chi connectivity index (χ2v) is 4.49. The van der Waals surface area contributed by atoms with Gasteiger partial charge in [-0.25, -0.2) is 4.98 Å². The van der Waals surface area contributed by atoms with Crippen molar-refractivity contribution in [2.45, 2.75) is 26.3 Å². The van der Waals surface area contributed by atoms with E-state index in [1.54, 1.807) is 0 Å². The molecule has 2 rings (SSSR count). The van der Waals surface area contributed by atoms with Gasteiger partial charge in [0, 0.05) is 17.8 Å². The maximum Gasteiger partial charge on any atom is 0.222 e. The van der Waals surface area contributed by atoms with Gasteiger partial charge in [-0.15, -0.1) is 0 Å². The summed E-state index contributed by atoms with van der Waals surface area (Å²) in [6.07, 6.45) is 0.948. The quantitative estimate of drug-likeness (QED) is 0.864. The molecule has 0 fully saturated rings. The van der Waals surface area contributed by atoms with Gasteiger partial charge in [0.15, 0.2) is 0 Å². The molecule has 1 unspecified atom stereocenters. The summed E-state index contributed by atoms with van der Waals surface area (Å²) in [5, 5.41) is 3.34. The van der Waals surface area contributed by atoms with Gasteiger partial charge in [0.25, 0.3) is 0 Å². The Morgan fingerprint density at radius 2 is 1.94 bits per heavy atom. The van der Waals surface area contributed by atoms with Crippen LogP contribution in [0.3, 0.4) is 0 Å². The zero-order valence-electron chi connectivity index (χ0n) is 10.7. The van der Waals surface area contributed by atoms with Crippen molar-refractivity contribution in [3.63, 3.8) is 0 Å². The van der Waals surface area contributed by atoms with E-state index in [9.17, 15) is 0 Å². The molecule has 2 aromatic rings. The van der Waals surface area contributed by atoms with Crippen molar-refractivity contribution in [1.82, 2.24) is 9.97 Å². The standard InChI is InChI=1S/C14H18N4/c1-10(8-12-6-4-3-5-7-12)16-13-9-11(2)17-14(15)18-13/h3-7,9-10H,8H2,1-2H3,(H3,15,16,17,18). The minimum Gasteiger partial charge on any atom is -0.368 e. The van der Waals surface area contributed by atoms with E-state index in [0.29, 0.717) is 12.0 Å². The molecule has 0 radical (unpaired) electrons. The monoisotopic (exact) mass is 242 g/mol. The first-order valence-electron chi connectivity index (χ1n) is 6.05. The lowest BCUT2D eigenvalue weighted by molar-refractivity contribution is 0.783. The maximum absolute atomic E-state index is 5.63. The van der Waals surface area contributed by atoms with Crippen LogP contribution in [-0.4, -0.2) is 16.0 Å². The second kappa shape index (κ2) is 5.49. The predicted octanol–water partition coefficient (Wildman–Crippen LogP) is 2.41. The van der Waals surface area contributed by atoms with Crippen LogP contribution in [0, 0.1) is 6.92 Å². The number of aryl methyl sites for hydroxylation is 1. The lowest BCUT2D eigenvalue weighted by atomic mass is 10.1. The zero-order chi connectivity index (χ0) is 13.0. The number of hydrogen-bond acceptors (Lipinski definition) is 4. The average molecular weight is 242 g/mol. The minimum atomic E-state index is 0.293. The van der Waals surface area contributed by atoms with Crippen LogP contribution >= 0.6 is 0 Å². The lowest BCUT2D eigenvalue weighted by Gasteiger charge is -2.15. The molecule has 0 amide bonds. The van der Waals surface area contributed by atoms with E-state index in [0.717, 1.165) is 17.9 Å². The number of nitrogens with zero attached hydrogens (tertiary/aromatic N) is 2. The van der Waals surface area contributed by atoms with Gasteiger partial charge in [-0.1, -0.05) is 30.3 Å². The fourth-order valence-corrected chi connectivity index (χ4v) is 1.94. The number of nitrogens with two attached hydrogens (primary N) is 1. The maximum atomic E-state index is 5.63. The molecule has 0 aliphatic carbocycles. The molecule has 0 aliphatic rings. The van der Waals surface area contributed by atoms with Gasteiger partial charge in [0.05, 0.1) is 0 Å². The van der Waals surface area contributed by atoms with Crippen LogP contribution in [-0.2, 0) is 6.42 Å². The highest BCUT2D eigenvalue weighted by molar-refractivity contribution is 5.41. The Hall–Kier alpha value is -2.10. The van der Waals surface area contributed by atoms with Crippen LogP contribution in [0.5, 0.6) is 0 Å². The molecule has 1 atom stereocenters. The minimum absolute atomic E-state index is 0.293. The first kappa shape index (κ1) is 12.4. The summed E-state index contributed by atoms with van der Waals surface area (Å²) in [5.74, 6) is 1.09. The first-order chi connectivity index (χ1) is 8.63. The molecule has 94 valence electrons. The van der Waals surface area contributed by atoms with Gasteiger partial charge in [-0.2, -0.15) is 4.98 Å². The van der Waals surface area contributed by atoms with Crippen molar-refractivity contribution in [2.75, 3.05) is 11.1 Å². The molecule has 18 heavy (non-hydrogen) atoms. The summed E-state index contributed by atoms with van der Waals surface area (Å²) >= 11 is 0. The number of rotatable bonds is 4. The number of nitrogen functional groups attached to an aromatic ring is 1. The summed E-state index contributed by atoms with van der Waals surface area (Å²) in [4.78, 5) is 8.22. The number of benzene rings is 1. The van der Waals surface area contributed by atoms with E-state index in [1.165, 1.54) is 5.56 Å².